The second kappa shape index (κ2) is 5.84. The van der Waals surface area contributed by atoms with Gasteiger partial charge in [0, 0.05) is 19.3 Å². The molecule has 0 saturated heterocycles. The molecule has 1 aliphatic rings. The number of hydrogen-bond acceptors (Lipinski definition) is 4. The highest BCUT2D eigenvalue weighted by Gasteiger charge is 2.19. The summed E-state index contributed by atoms with van der Waals surface area (Å²) in [6, 6.07) is 2.50. The van der Waals surface area contributed by atoms with Crippen LogP contribution in [-0.2, 0) is 0 Å². The average Bonchev–Trinajstić information content (AvgIpc) is 2.55. The second-order valence-electron chi connectivity index (χ2n) is 4.88. The zero-order valence-corrected chi connectivity index (χ0v) is 10.7. The van der Waals surface area contributed by atoms with Crippen molar-refractivity contribution < 1.29 is 0 Å². The number of aromatic nitrogens is 2. The molecule has 1 saturated carbocycles. The van der Waals surface area contributed by atoms with Crippen molar-refractivity contribution in [1.29, 1.82) is 0 Å². The van der Waals surface area contributed by atoms with E-state index in [4.69, 9.17) is 0 Å². The molecular weight excluding hydrogens is 212 g/mol. The molecule has 4 heteroatoms. The van der Waals surface area contributed by atoms with Crippen LogP contribution >= 0.6 is 0 Å². The van der Waals surface area contributed by atoms with Crippen molar-refractivity contribution in [3.8, 4) is 0 Å². The molecule has 2 N–H and O–H groups in total. The number of anilines is 2. The van der Waals surface area contributed by atoms with E-state index in [1.54, 1.807) is 6.20 Å². The molecule has 1 aromatic heterocycles. The molecule has 2 atom stereocenters. The summed E-state index contributed by atoms with van der Waals surface area (Å²) in [5.41, 5.74) is 0. The van der Waals surface area contributed by atoms with E-state index in [1.807, 2.05) is 13.1 Å². The van der Waals surface area contributed by atoms with Crippen LogP contribution in [0, 0.1) is 5.92 Å². The van der Waals surface area contributed by atoms with Crippen molar-refractivity contribution in [2.24, 2.45) is 5.92 Å². The molecule has 0 bridgehead atoms. The van der Waals surface area contributed by atoms with Crippen LogP contribution in [0.25, 0.3) is 0 Å². The zero-order chi connectivity index (χ0) is 12.1. The van der Waals surface area contributed by atoms with Crippen LogP contribution in [0.1, 0.15) is 39.0 Å². The van der Waals surface area contributed by atoms with Gasteiger partial charge in [0.1, 0.15) is 5.82 Å². The first-order valence-electron chi connectivity index (χ1n) is 6.57. The minimum absolute atomic E-state index is 0.553. The van der Waals surface area contributed by atoms with E-state index in [-0.39, 0.29) is 0 Å². The fourth-order valence-corrected chi connectivity index (χ4v) is 2.46. The summed E-state index contributed by atoms with van der Waals surface area (Å²) in [6.07, 6.45) is 8.43. The van der Waals surface area contributed by atoms with Gasteiger partial charge in [0.15, 0.2) is 0 Å². The van der Waals surface area contributed by atoms with Gasteiger partial charge in [0.2, 0.25) is 5.95 Å². The lowest BCUT2D eigenvalue weighted by Gasteiger charge is -2.23. The fraction of sp³-hybridized carbons (Fsp3) is 0.692. The minimum atomic E-state index is 0.553. The smallest absolute Gasteiger partial charge is 0.224 e. The van der Waals surface area contributed by atoms with Crippen molar-refractivity contribution in [2.45, 2.75) is 45.1 Å². The Morgan fingerprint density at radius 1 is 1.24 bits per heavy atom. The molecule has 2 unspecified atom stereocenters. The Morgan fingerprint density at radius 3 is 2.88 bits per heavy atom. The lowest BCUT2D eigenvalue weighted by atomic mass is 9.97. The maximum Gasteiger partial charge on any atom is 0.224 e. The molecule has 1 aliphatic carbocycles. The Morgan fingerprint density at radius 2 is 2.06 bits per heavy atom. The summed E-state index contributed by atoms with van der Waals surface area (Å²) < 4.78 is 0. The molecule has 1 fully saturated rings. The van der Waals surface area contributed by atoms with Gasteiger partial charge in [-0.25, -0.2) is 4.98 Å². The van der Waals surface area contributed by atoms with Gasteiger partial charge in [-0.3, -0.25) is 0 Å². The Labute approximate surface area is 103 Å². The van der Waals surface area contributed by atoms with E-state index in [1.165, 1.54) is 32.1 Å². The van der Waals surface area contributed by atoms with Gasteiger partial charge in [-0.1, -0.05) is 26.2 Å². The molecule has 0 amide bonds. The largest absolute Gasteiger partial charge is 0.367 e. The molecule has 0 aliphatic heterocycles. The van der Waals surface area contributed by atoms with Gasteiger partial charge in [-0.05, 0) is 24.8 Å². The van der Waals surface area contributed by atoms with Crippen LogP contribution < -0.4 is 10.6 Å². The highest BCUT2D eigenvalue weighted by atomic mass is 15.1. The van der Waals surface area contributed by atoms with Crippen LogP contribution in [-0.4, -0.2) is 23.1 Å². The van der Waals surface area contributed by atoms with Crippen LogP contribution in [0.5, 0.6) is 0 Å². The summed E-state index contributed by atoms with van der Waals surface area (Å²) in [5.74, 6) is 2.34. The third kappa shape index (κ3) is 3.32. The molecule has 0 radical (unpaired) electrons. The zero-order valence-electron chi connectivity index (χ0n) is 10.7. The summed E-state index contributed by atoms with van der Waals surface area (Å²) >= 11 is 0. The van der Waals surface area contributed by atoms with Crippen LogP contribution in [0.2, 0.25) is 0 Å². The van der Waals surface area contributed by atoms with Crippen LogP contribution in [0.15, 0.2) is 12.3 Å². The third-order valence-corrected chi connectivity index (χ3v) is 3.57. The number of nitrogens with zero attached hydrogens (tertiary/aromatic N) is 2. The summed E-state index contributed by atoms with van der Waals surface area (Å²) in [6.45, 7) is 2.34. The fourth-order valence-electron chi connectivity index (χ4n) is 2.46. The summed E-state index contributed by atoms with van der Waals surface area (Å²) in [5, 5.41) is 6.52. The highest BCUT2D eigenvalue weighted by molar-refractivity contribution is 5.40. The van der Waals surface area contributed by atoms with E-state index < -0.39 is 0 Å². The second-order valence-corrected chi connectivity index (χ2v) is 4.88. The van der Waals surface area contributed by atoms with Crippen LogP contribution in [0.3, 0.4) is 0 Å². The predicted octanol–water partition coefficient (Wildman–Crippen LogP) is 2.90. The van der Waals surface area contributed by atoms with Gasteiger partial charge < -0.3 is 10.6 Å². The first-order chi connectivity index (χ1) is 8.29. The highest BCUT2D eigenvalue weighted by Crippen LogP contribution is 2.25. The van der Waals surface area contributed by atoms with E-state index in [0.717, 1.165) is 11.7 Å². The van der Waals surface area contributed by atoms with Crippen molar-refractivity contribution in [1.82, 2.24) is 9.97 Å². The predicted molar refractivity (Wildman–Crippen MR) is 71.2 cm³/mol. The van der Waals surface area contributed by atoms with Gasteiger partial charge in [-0.15, -0.1) is 0 Å². The molecule has 4 nitrogen and oxygen atoms in total. The molecule has 17 heavy (non-hydrogen) atoms. The quantitative estimate of drug-likeness (QED) is 0.790. The van der Waals surface area contributed by atoms with Crippen molar-refractivity contribution >= 4 is 11.8 Å². The lowest BCUT2D eigenvalue weighted by molar-refractivity contribution is 0.455. The Hall–Kier alpha value is -1.32. The molecule has 0 aromatic carbocycles. The summed E-state index contributed by atoms with van der Waals surface area (Å²) in [4.78, 5) is 8.54. The maximum absolute atomic E-state index is 4.42. The minimum Gasteiger partial charge on any atom is -0.367 e. The van der Waals surface area contributed by atoms with E-state index in [0.29, 0.717) is 12.0 Å². The van der Waals surface area contributed by atoms with Crippen molar-refractivity contribution in [2.75, 3.05) is 17.7 Å². The van der Waals surface area contributed by atoms with E-state index in [2.05, 4.69) is 27.5 Å². The van der Waals surface area contributed by atoms with E-state index >= 15 is 0 Å². The number of rotatable bonds is 3. The molecule has 0 spiro atoms. The molecule has 1 aromatic rings. The standard InChI is InChI=1S/C13H22N4/c1-10-6-4-3-5-7-11(10)16-12-8-9-15-13(14-2)17-12/h8-11H,3-7H2,1-2H3,(H2,14,15,16,17). The van der Waals surface area contributed by atoms with Crippen molar-refractivity contribution in [3.63, 3.8) is 0 Å². The Bertz CT molecular complexity index is 353. The molecule has 94 valence electrons. The van der Waals surface area contributed by atoms with Crippen molar-refractivity contribution in [3.05, 3.63) is 12.3 Å². The Balaban J connectivity index is 2.02. The Kier molecular flexibility index (Phi) is 4.18. The van der Waals surface area contributed by atoms with Gasteiger partial charge >= 0.3 is 0 Å². The lowest BCUT2D eigenvalue weighted by Crippen LogP contribution is -2.26. The maximum atomic E-state index is 4.42. The molecular formula is C13H22N4. The number of nitrogens with one attached hydrogen (secondary N) is 2. The van der Waals surface area contributed by atoms with Gasteiger partial charge in [0.25, 0.3) is 0 Å². The third-order valence-electron chi connectivity index (χ3n) is 3.57. The molecule has 1 heterocycles. The van der Waals surface area contributed by atoms with E-state index in [9.17, 15) is 0 Å². The topological polar surface area (TPSA) is 49.8 Å². The SMILES string of the molecule is CNc1nccc(NC2CCCCCC2C)n1. The first-order valence-corrected chi connectivity index (χ1v) is 6.57. The average molecular weight is 234 g/mol. The summed E-state index contributed by atoms with van der Waals surface area (Å²) in [7, 11) is 1.84. The molecule has 2 rings (SSSR count). The van der Waals surface area contributed by atoms with Crippen LogP contribution in [0.4, 0.5) is 11.8 Å². The van der Waals surface area contributed by atoms with Gasteiger partial charge in [-0.2, -0.15) is 4.98 Å². The van der Waals surface area contributed by atoms with Gasteiger partial charge in [0.05, 0.1) is 0 Å². The monoisotopic (exact) mass is 234 g/mol. The first kappa shape index (κ1) is 12.1. The normalized spacial score (nSPS) is 25.1. The number of hydrogen-bond donors (Lipinski definition) is 2.